The van der Waals surface area contributed by atoms with E-state index < -0.39 is 0 Å². The number of nitrogens with zero attached hydrogens (tertiary/aromatic N) is 3. The lowest BCUT2D eigenvalue weighted by Gasteiger charge is -2.31. The number of rotatable bonds is 7. The summed E-state index contributed by atoms with van der Waals surface area (Å²) in [6.07, 6.45) is 3.76. The van der Waals surface area contributed by atoms with E-state index in [2.05, 4.69) is 34.0 Å². The van der Waals surface area contributed by atoms with E-state index in [1.807, 2.05) is 13.0 Å². The van der Waals surface area contributed by atoms with E-state index in [1.165, 1.54) is 0 Å². The fraction of sp³-hybridized carbons (Fsp3) is 0.750. The molecule has 0 atom stereocenters. The Labute approximate surface area is 128 Å². The van der Waals surface area contributed by atoms with Crippen molar-refractivity contribution in [3.05, 3.63) is 17.6 Å². The molecule has 1 N–H and O–H groups in total. The van der Waals surface area contributed by atoms with Crippen LogP contribution in [-0.2, 0) is 11.3 Å². The normalized spacial score (nSPS) is 17.1. The zero-order valence-electron chi connectivity index (χ0n) is 13.6. The van der Waals surface area contributed by atoms with Crippen molar-refractivity contribution in [1.82, 2.24) is 14.9 Å². The van der Waals surface area contributed by atoms with Gasteiger partial charge in [-0.15, -0.1) is 0 Å². The molecular formula is C16H28N4O. The standard InChI is InChI=1S/C16H28N4O/c1-4-8-17-15-11-13(3)18-16(19-15)12-20-9-6-14(7-10-20)21-5-2/h11,14H,4-10,12H2,1-3H3,(H,17,18,19). The van der Waals surface area contributed by atoms with E-state index in [4.69, 9.17) is 4.74 Å². The summed E-state index contributed by atoms with van der Waals surface area (Å²) < 4.78 is 5.70. The molecule has 0 radical (unpaired) electrons. The number of aryl methyl sites for hydroxylation is 1. The Balaban J connectivity index is 1.89. The number of piperidine rings is 1. The van der Waals surface area contributed by atoms with Gasteiger partial charge in [-0.2, -0.15) is 0 Å². The molecule has 0 aliphatic carbocycles. The van der Waals surface area contributed by atoms with Gasteiger partial charge in [0.15, 0.2) is 0 Å². The van der Waals surface area contributed by atoms with E-state index in [1.54, 1.807) is 0 Å². The lowest BCUT2D eigenvalue weighted by molar-refractivity contribution is 0.0120. The van der Waals surface area contributed by atoms with Crippen molar-refractivity contribution < 1.29 is 4.74 Å². The summed E-state index contributed by atoms with van der Waals surface area (Å²) >= 11 is 0. The van der Waals surface area contributed by atoms with Crippen LogP contribution in [0.25, 0.3) is 0 Å². The molecule has 1 aromatic heterocycles. The summed E-state index contributed by atoms with van der Waals surface area (Å²) in [6.45, 7) is 11.0. The first-order chi connectivity index (χ1) is 10.2. The van der Waals surface area contributed by atoms with Crippen LogP contribution >= 0.6 is 0 Å². The lowest BCUT2D eigenvalue weighted by Crippen LogP contribution is -2.37. The fourth-order valence-corrected chi connectivity index (χ4v) is 2.71. The van der Waals surface area contributed by atoms with Crippen LogP contribution in [0.1, 0.15) is 44.6 Å². The van der Waals surface area contributed by atoms with Gasteiger partial charge in [0, 0.05) is 38.0 Å². The number of hydrogen-bond acceptors (Lipinski definition) is 5. The Hall–Kier alpha value is -1.20. The second-order valence-electron chi connectivity index (χ2n) is 5.67. The Morgan fingerprint density at radius 1 is 1.29 bits per heavy atom. The molecule has 1 aromatic rings. The van der Waals surface area contributed by atoms with Crippen LogP contribution in [-0.4, -0.2) is 47.2 Å². The molecule has 0 bridgehead atoms. The summed E-state index contributed by atoms with van der Waals surface area (Å²) in [5.41, 5.74) is 1.03. The first-order valence-electron chi connectivity index (χ1n) is 8.13. The molecule has 1 aliphatic heterocycles. The van der Waals surface area contributed by atoms with E-state index in [-0.39, 0.29) is 0 Å². The van der Waals surface area contributed by atoms with Gasteiger partial charge in [-0.3, -0.25) is 4.90 Å². The highest BCUT2D eigenvalue weighted by Gasteiger charge is 2.20. The number of aromatic nitrogens is 2. The molecule has 21 heavy (non-hydrogen) atoms. The van der Waals surface area contributed by atoms with E-state index in [0.29, 0.717) is 6.10 Å². The summed E-state index contributed by atoms with van der Waals surface area (Å²) in [4.78, 5) is 11.6. The van der Waals surface area contributed by atoms with Gasteiger partial charge in [0.05, 0.1) is 12.6 Å². The Bertz CT molecular complexity index is 430. The molecule has 1 fully saturated rings. The lowest BCUT2D eigenvalue weighted by atomic mass is 10.1. The minimum absolute atomic E-state index is 0.437. The average Bonchev–Trinajstić information content (AvgIpc) is 2.47. The molecule has 0 spiro atoms. The van der Waals surface area contributed by atoms with Crippen LogP contribution in [0.5, 0.6) is 0 Å². The van der Waals surface area contributed by atoms with Gasteiger partial charge >= 0.3 is 0 Å². The third-order valence-corrected chi connectivity index (χ3v) is 3.76. The van der Waals surface area contributed by atoms with Crippen LogP contribution in [0.4, 0.5) is 5.82 Å². The van der Waals surface area contributed by atoms with Crippen LogP contribution < -0.4 is 5.32 Å². The topological polar surface area (TPSA) is 50.3 Å². The molecular weight excluding hydrogens is 264 g/mol. The highest BCUT2D eigenvalue weighted by molar-refractivity contribution is 5.35. The van der Waals surface area contributed by atoms with Crippen LogP contribution in [0.3, 0.4) is 0 Å². The molecule has 2 rings (SSSR count). The summed E-state index contributed by atoms with van der Waals surface area (Å²) in [6, 6.07) is 2.01. The van der Waals surface area contributed by atoms with E-state index in [9.17, 15) is 0 Å². The van der Waals surface area contributed by atoms with Crippen LogP contribution in [0, 0.1) is 6.92 Å². The second kappa shape index (κ2) is 8.29. The summed E-state index contributed by atoms with van der Waals surface area (Å²) in [7, 11) is 0. The number of likely N-dealkylation sites (tertiary alicyclic amines) is 1. The second-order valence-corrected chi connectivity index (χ2v) is 5.67. The van der Waals surface area contributed by atoms with E-state index >= 15 is 0 Å². The predicted octanol–water partition coefficient (Wildman–Crippen LogP) is 2.61. The smallest absolute Gasteiger partial charge is 0.144 e. The molecule has 0 amide bonds. The number of hydrogen-bond donors (Lipinski definition) is 1. The maximum absolute atomic E-state index is 5.70. The maximum Gasteiger partial charge on any atom is 0.144 e. The van der Waals surface area contributed by atoms with Crippen molar-refractivity contribution in [2.24, 2.45) is 0 Å². The molecule has 0 aromatic carbocycles. The van der Waals surface area contributed by atoms with Crippen molar-refractivity contribution in [2.45, 2.75) is 52.7 Å². The van der Waals surface area contributed by atoms with Gasteiger partial charge in [-0.05, 0) is 33.1 Å². The quantitative estimate of drug-likeness (QED) is 0.837. The molecule has 2 heterocycles. The monoisotopic (exact) mass is 292 g/mol. The van der Waals surface area contributed by atoms with Crippen molar-refractivity contribution in [2.75, 3.05) is 31.6 Å². The fourth-order valence-electron chi connectivity index (χ4n) is 2.71. The Kier molecular flexibility index (Phi) is 6.39. The largest absolute Gasteiger partial charge is 0.378 e. The minimum atomic E-state index is 0.437. The SMILES string of the molecule is CCCNc1cc(C)nc(CN2CCC(OCC)CC2)n1. The molecule has 0 unspecified atom stereocenters. The molecule has 1 aliphatic rings. The van der Waals surface area contributed by atoms with Crippen molar-refractivity contribution in [3.63, 3.8) is 0 Å². The van der Waals surface area contributed by atoms with Crippen molar-refractivity contribution in [1.29, 1.82) is 0 Å². The van der Waals surface area contributed by atoms with Gasteiger partial charge in [-0.1, -0.05) is 6.92 Å². The van der Waals surface area contributed by atoms with Gasteiger partial charge in [0.2, 0.25) is 0 Å². The zero-order chi connectivity index (χ0) is 15.1. The third kappa shape index (κ3) is 5.25. The molecule has 1 saturated heterocycles. The summed E-state index contributed by atoms with van der Waals surface area (Å²) in [5.74, 6) is 1.87. The number of ether oxygens (including phenoxy) is 1. The van der Waals surface area contributed by atoms with Gasteiger partial charge in [-0.25, -0.2) is 9.97 Å². The van der Waals surface area contributed by atoms with Gasteiger partial charge < -0.3 is 10.1 Å². The van der Waals surface area contributed by atoms with Gasteiger partial charge in [0.25, 0.3) is 0 Å². The predicted molar refractivity (Wildman–Crippen MR) is 85.5 cm³/mol. The highest BCUT2D eigenvalue weighted by Crippen LogP contribution is 2.16. The van der Waals surface area contributed by atoms with Crippen molar-refractivity contribution >= 4 is 5.82 Å². The Morgan fingerprint density at radius 3 is 2.71 bits per heavy atom. The van der Waals surface area contributed by atoms with Gasteiger partial charge in [0.1, 0.15) is 11.6 Å². The van der Waals surface area contributed by atoms with Crippen molar-refractivity contribution in [3.8, 4) is 0 Å². The molecule has 5 nitrogen and oxygen atoms in total. The summed E-state index contributed by atoms with van der Waals surface area (Å²) in [5, 5.41) is 3.35. The van der Waals surface area contributed by atoms with Crippen LogP contribution in [0.2, 0.25) is 0 Å². The minimum Gasteiger partial charge on any atom is -0.378 e. The molecule has 5 heteroatoms. The highest BCUT2D eigenvalue weighted by atomic mass is 16.5. The average molecular weight is 292 g/mol. The van der Waals surface area contributed by atoms with Crippen LogP contribution in [0.15, 0.2) is 6.07 Å². The first-order valence-corrected chi connectivity index (χ1v) is 8.13. The number of anilines is 1. The third-order valence-electron chi connectivity index (χ3n) is 3.76. The van der Waals surface area contributed by atoms with E-state index in [0.717, 1.165) is 69.4 Å². The maximum atomic E-state index is 5.70. The number of nitrogens with one attached hydrogen (secondary N) is 1. The zero-order valence-corrected chi connectivity index (χ0v) is 13.6. The molecule has 118 valence electrons. The molecule has 0 saturated carbocycles. The first kappa shape index (κ1) is 16.2. The Morgan fingerprint density at radius 2 is 2.05 bits per heavy atom.